The number of ether oxygens (including phenoxy) is 2. The Bertz CT molecular complexity index is 812. The van der Waals surface area contributed by atoms with E-state index in [-0.39, 0.29) is 24.6 Å². The molecule has 2 aromatic rings. The number of hydrogen-bond acceptors (Lipinski definition) is 4. The Labute approximate surface area is 148 Å². The van der Waals surface area contributed by atoms with Crippen LogP contribution in [0.1, 0.15) is 16.7 Å². The average Bonchev–Trinajstić information content (AvgIpc) is 2.63. The zero-order valence-corrected chi connectivity index (χ0v) is 13.8. The maximum atomic E-state index is 12.7. The molecule has 0 aliphatic heterocycles. The first-order chi connectivity index (χ1) is 12.4. The van der Waals surface area contributed by atoms with E-state index in [9.17, 15) is 18.0 Å². The van der Waals surface area contributed by atoms with Crippen molar-refractivity contribution in [1.29, 1.82) is 0 Å². The number of alkyl carbamates (subject to hydrolysis) is 1. The van der Waals surface area contributed by atoms with E-state index in [4.69, 9.17) is 9.47 Å². The van der Waals surface area contributed by atoms with Gasteiger partial charge < -0.3 is 14.8 Å². The van der Waals surface area contributed by atoms with Crippen molar-refractivity contribution in [1.82, 2.24) is 10.3 Å². The monoisotopic (exact) mass is 364 g/mol. The molecule has 1 amide bonds. The van der Waals surface area contributed by atoms with Gasteiger partial charge in [0, 0.05) is 6.20 Å². The number of benzene rings is 1. The van der Waals surface area contributed by atoms with Crippen LogP contribution in [0, 0.1) is 11.8 Å². The van der Waals surface area contributed by atoms with Gasteiger partial charge in [-0.3, -0.25) is 0 Å². The molecular formula is C18H15F3N2O3. The van der Waals surface area contributed by atoms with Crippen molar-refractivity contribution in [3.8, 4) is 17.7 Å². The second-order valence-corrected chi connectivity index (χ2v) is 5.00. The Balaban J connectivity index is 1.91. The van der Waals surface area contributed by atoms with Crippen molar-refractivity contribution in [2.24, 2.45) is 0 Å². The molecule has 136 valence electrons. The van der Waals surface area contributed by atoms with E-state index >= 15 is 0 Å². The van der Waals surface area contributed by atoms with E-state index in [0.717, 1.165) is 11.6 Å². The van der Waals surface area contributed by atoms with Crippen LogP contribution >= 0.6 is 0 Å². The SMILES string of the molecule is COc1ncc(C(F)(F)F)cc1C#CCNC(=O)OCc1ccccc1. The fraction of sp³-hybridized carbons (Fsp3) is 0.222. The average molecular weight is 364 g/mol. The molecule has 0 bridgehead atoms. The molecule has 0 aliphatic rings. The van der Waals surface area contributed by atoms with Crippen molar-refractivity contribution in [2.75, 3.05) is 13.7 Å². The number of methoxy groups -OCH3 is 1. The van der Waals surface area contributed by atoms with Gasteiger partial charge >= 0.3 is 12.3 Å². The van der Waals surface area contributed by atoms with Gasteiger partial charge in [0.25, 0.3) is 0 Å². The van der Waals surface area contributed by atoms with E-state index in [1.54, 1.807) is 12.1 Å². The first kappa shape index (κ1) is 19.1. The number of carbonyl (C=O) groups excluding carboxylic acids is 1. The zero-order valence-electron chi connectivity index (χ0n) is 13.8. The number of aromatic nitrogens is 1. The lowest BCUT2D eigenvalue weighted by molar-refractivity contribution is -0.137. The maximum Gasteiger partial charge on any atom is 0.417 e. The molecule has 0 saturated carbocycles. The van der Waals surface area contributed by atoms with Crippen LogP contribution in [0.2, 0.25) is 0 Å². The molecule has 8 heteroatoms. The van der Waals surface area contributed by atoms with Crippen LogP contribution in [-0.4, -0.2) is 24.7 Å². The third kappa shape index (κ3) is 5.70. The summed E-state index contributed by atoms with van der Waals surface area (Å²) in [7, 11) is 1.28. The van der Waals surface area contributed by atoms with Gasteiger partial charge in [0.1, 0.15) is 6.61 Å². The van der Waals surface area contributed by atoms with E-state index in [2.05, 4.69) is 22.1 Å². The summed E-state index contributed by atoms with van der Waals surface area (Å²) in [6.07, 6.45) is -4.55. The summed E-state index contributed by atoms with van der Waals surface area (Å²) in [4.78, 5) is 15.1. The normalized spacial score (nSPS) is 10.5. The van der Waals surface area contributed by atoms with Crippen LogP contribution in [0.5, 0.6) is 5.88 Å². The predicted octanol–water partition coefficient (Wildman–Crippen LogP) is 3.39. The van der Waals surface area contributed by atoms with Crippen molar-refractivity contribution < 1.29 is 27.4 Å². The third-order valence-corrected chi connectivity index (χ3v) is 3.13. The molecule has 1 aromatic heterocycles. The van der Waals surface area contributed by atoms with Gasteiger partial charge in [-0.2, -0.15) is 13.2 Å². The van der Waals surface area contributed by atoms with Crippen LogP contribution in [-0.2, 0) is 17.5 Å². The van der Waals surface area contributed by atoms with Crippen molar-refractivity contribution in [2.45, 2.75) is 12.8 Å². The summed E-state index contributed by atoms with van der Waals surface area (Å²) < 4.78 is 48.0. The standard InChI is InChI=1S/C18H15F3N2O3/c1-25-16-14(10-15(11-23-16)18(19,20)21)8-5-9-22-17(24)26-12-13-6-3-2-4-7-13/h2-4,6-7,10-11H,9,12H2,1H3,(H,22,24). The molecule has 5 nitrogen and oxygen atoms in total. The molecule has 0 saturated heterocycles. The summed E-state index contributed by atoms with van der Waals surface area (Å²) in [5, 5.41) is 2.39. The number of amides is 1. The lowest BCUT2D eigenvalue weighted by atomic mass is 10.2. The Hall–Kier alpha value is -3.21. The molecule has 0 atom stereocenters. The summed E-state index contributed by atoms with van der Waals surface area (Å²) >= 11 is 0. The highest BCUT2D eigenvalue weighted by atomic mass is 19.4. The molecule has 0 radical (unpaired) electrons. The fourth-order valence-electron chi connectivity index (χ4n) is 1.89. The van der Waals surface area contributed by atoms with E-state index < -0.39 is 17.8 Å². The van der Waals surface area contributed by atoms with Crippen molar-refractivity contribution >= 4 is 6.09 Å². The van der Waals surface area contributed by atoms with Gasteiger partial charge in [0.2, 0.25) is 5.88 Å². The second kappa shape index (κ2) is 8.76. The number of nitrogens with one attached hydrogen (secondary N) is 1. The number of carbonyl (C=O) groups is 1. The first-order valence-corrected chi connectivity index (χ1v) is 7.45. The Morgan fingerprint density at radius 2 is 2.00 bits per heavy atom. The van der Waals surface area contributed by atoms with Gasteiger partial charge in [0.15, 0.2) is 0 Å². The molecule has 0 fully saturated rings. The van der Waals surface area contributed by atoms with Crippen LogP contribution in [0.4, 0.5) is 18.0 Å². The lowest BCUT2D eigenvalue weighted by Crippen LogP contribution is -2.24. The van der Waals surface area contributed by atoms with Gasteiger partial charge in [-0.25, -0.2) is 9.78 Å². The van der Waals surface area contributed by atoms with E-state index in [1.165, 1.54) is 7.11 Å². The number of rotatable bonds is 4. The van der Waals surface area contributed by atoms with Crippen LogP contribution in [0.15, 0.2) is 42.6 Å². The molecule has 1 aromatic carbocycles. The second-order valence-electron chi connectivity index (χ2n) is 5.00. The summed E-state index contributed by atoms with van der Waals surface area (Å²) in [6.45, 7) is -0.00149. The predicted molar refractivity (Wildman–Crippen MR) is 87.3 cm³/mol. The largest absolute Gasteiger partial charge is 0.480 e. The molecule has 0 spiro atoms. The molecule has 26 heavy (non-hydrogen) atoms. The van der Waals surface area contributed by atoms with Crippen LogP contribution in [0.3, 0.4) is 0 Å². The quantitative estimate of drug-likeness (QED) is 0.845. The summed E-state index contributed by atoms with van der Waals surface area (Å²) in [5.41, 5.74) is -0.131. The zero-order chi connectivity index (χ0) is 19.0. The topological polar surface area (TPSA) is 60.5 Å². The van der Waals surface area contributed by atoms with E-state index in [1.807, 2.05) is 18.2 Å². The molecule has 0 unspecified atom stereocenters. The molecule has 2 rings (SSSR count). The van der Waals surface area contributed by atoms with E-state index in [0.29, 0.717) is 6.20 Å². The molecule has 1 N–H and O–H groups in total. The highest BCUT2D eigenvalue weighted by Crippen LogP contribution is 2.30. The molecule has 0 aliphatic carbocycles. The first-order valence-electron chi connectivity index (χ1n) is 7.45. The fourth-order valence-corrected chi connectivity index (χ4v) is 1.89. The number of alkyl halides is 3. The molecule has 1 heterocycles. The lowest BCUT2D eigenvalue weighted by Gasteiger charge is -2.08. The van der Waals surface area contributed by atoms with Gasteiger partial charge in [0.05, 0.1) is 24.8 Å². The van der Waals surface area contributed by atoms with Crippen molar-refractivity contribution in [3.05, 3.63) is 59.3 Å². The third-order valence-electron chi connectivity index (χ3n) is 3.13. The Morgan fingerprint density at radius 3 is 2.65 bits per heavy atom. The highest BCUT2D eigenvalue weighted by molar-refractivity contribution is 5.67. The van der Waals surface area contributed by atoms with Gasteiger partial charge in [-0.1, -0.05) is 42.2 Å². The molecular weight excluding hydrogens is 349 g/mol. The minimum atomic E-state index is -4.53. The Morgan fingerprint density at radius 1 is 1.27 bits per heavy atom. The minimum Gasteiger partial charge on any atom is -0.480 e. The summed E-state index contributed by atoms with van der Waals surface area (Å²) in [6, 6.07) is 9.93. The highest BCUT2D eigenvalue weighted by Gasteiger charge is 2.31. The number of nitrogens with zero attached hydrogens (tertiary/aromatic N) is 1. The smallest absolute Gasteiger partial charge is 0.417 e. The Kier molecular flexibility index (Phi) is 6.44. The van der Waals surface area contributed by atoms with Crippen LogP contribution in [0.25, 0.3) is 0 Å². The van der Waals surface area contributed by atoms with Crippen molar-refractivity contribution in [3.63, 3.8) is 0 Å². The van der Waals surface area contributed by atoms with Gasteiger partial charge in [-0.15, -0.1) is 0 Å². The van der Waals surface area contributed by atoms with Crippen LogP contribution < -0.4 is 10.1 Å². The van der Waals surface area contributed by atoms with Gasteiger partial charge in [-0.05, 0) is 11.6 Å². The number of halogens is 3. The number of hydrogen-bond donors (Lipinski definition) is 1. The number of pyridine rings is 1. The maximum absolute atomic E-state index is 12.7. The minimum absolute atomic E-state index is 0.0261. The summed E-state index contributed by atoms with van der Waals surface area (Å²) in [5.74, 6) is 5.00.